The Kier molecular flexibility index (Phi) is 6.34. The summed E-state index contributed by atoms with van der Waals surface area (Å²) in [7, 11) is 0. The molecule has 0 radical (unpaired) electrons. The number of rotatable bonds is 5. The number of hydrazine groups is 1. The first-order valence-corrected chi connectivity index (χ1v) is 9.41. The summed E-state index contributed by atoms with van der Waals surface area (Å²) in [5.74, 6) is 0.690. The van der Waals surface area contributed by atoms with Crippen molar-refractivity contribution in [3.8, 4) is 0 Å². The van der Waals surface area contributed by atoms with E-state index in [0.29, 0.717) is 18.5 Å². The summed E-state index contributed by atoms with van der Waals surface area (Å²) in [6.45, 7) is 6.94. The first kappa shape index (κ1) is 18.2. The summed E-state index contributed by atoms with van der Waals surface area (Å²) in [6, 6.07) is 0.447. The van der Waals surface area contributed by atoms with Gasteiger partial charge in [0.2, 0.25) is 5.91 Å². The molecule has 2 aliphatic heterocycles. The van der Waals surface area contributed by atoms with Gasteiger partial charge >= 0.3 is 0 Å². The van der Waals surface area contributed by atoms with E-state index >= 15 is 0 Å². The smallest absolute Gasteiger partial charge is 0.241 e. The third-order valence-electron chi connectivity index (χ3n) is 5.27. The number of nitrogens with one attached hydrogen (secondary N) is 3. The van der Waals surface area contributed by atoms with Gasteiger partial charge in [0.1, 0.15) is 12.4 Å². The molecule has 1 amide bonds. The minimum Gasteiger partial charge on any atom is -0.334 e. The van der Waals surface area contributed by atoms with E-state index in [-0.39, 0.29) is 18.0 Å². The quantitative estimate of drug-likeness (QED) is 0.733. The summed E-state index contributed by atoms with van der Waals surface area (Å²) in [4.78, 5) is 23.5. The van der Waals surface area contributed by atoms with Gasteiger partial charge in [-0.25, -0.2) is 15.4 Å². The minimum absolute atomic E-state index is 0.159. The lowest BCUT2D eigenvalue weighted by Gasteiger charge is -2.33. The lowest BCUT2D eigenvalue weighted by Crippen LogP contribution is -2.49. The van der Waals surface area contributed by atoms with Crippen LogP contribution in [0.2, 0.25) is 0 Å². The summed E-state index contributed by atoms with van der Waals surface area (Å²) >= 11 is 0. The molecule has 3 N–H and O–H groups in total. The monoisotopic (exact) mass is 346 g/mol. The van der Waals surface area contributed by atoms with Crippen LogP contribution in [-0.4, -0.2) is 52.0 Å². The molecule has 1 aromatic rings. The highest BCUT2D eigenvalue weighted by Gasteiger charge is 2.36. The van der Waals surface area contributed by atoms with Crippen molar-refractivity contribution in [2.45, 2.75) is 64.2 Å². The number of carbonyl (C=O) groups is 1. The molecule has 7 heteroatoms. The molecule has 0 bridgehead atoms. The van der Waals surface area contributed by atoms with Gasteiger partial charge in [0.25, 0.3) is 0 Å². The molecule has 0 aromatic carbocycles. The Morgan fingerprint density at radius 1 is 1.24 bits per heavy atom. The molecule has 1 aromatic heterocycles. The van der Waals surface area contributed by atoms with E-state index < -0.39 is 0 Å². The first-order chi connectivity index (χ1) is 12.1. The molecule has 0 spiro atoms. The largest absolute Gasteiger partial charge is 0.334 e. The van der Waals surface area contributed by atoms with Crippen LogP contribution in [0.4, 0.5) is 0 Å². The van der Waals surface area contributed by atoms with Crippen molar-refractivity contribution in [3.63, 3.8) is 0 Å². The van der Waals surface area contributed by atoms with Crippen LogP contribution in [0, 0.1) is 5.92 Å². The number of carbonyl (C=O) groups excluding carboxylic acids is 1. The van der Waals surface area contributed by atoms with Gasteiger partial charge in [0.05, 0.1) is 0 Å². The van der Waals surface area contributed by atoms with E-state index in [2.05, 4.69) is 40.0 Å². The highest BCUT2D eigenvalue weighted by Crippen LogP contribution is 2.21. The van der Waals surface area contributed by atoms with Gasteiger partial charge in [0.15, 0.2) is 0 Å². The van der Waals surface area contributed by atoms with E-state index in [9.17, 15) is 4.79 Å². The summed E-state index contributed by atoms with van der Waals surface area (Å²) < 4.78 is 0. The summed E-state index contributed by atoms with van der Waals surface area (Å²) in [5.41, 5.74) is 7.49. The van der Waals surface area contributed by atoms with Crippen molar-refractivity contribution in [2.75, 3.05) is 13.1 Å². The second-order valence-electron chi connectivity index (χ2n) is 7.48. The van der Waals surface area contributed by atoms with Crippen molar-refractivity contribution in [1.82, 2.24) is 31.0 Å². The maximum Gasteiger partial charge on any atom is 0.241 e. The molecule has 3 heterocycles. The third-order valence-corrected chi connectivity index (χ3v) is 5.27. The normalized spacial score (nSPS) is 27.2. The van der Waals surface area contributed by atoms with Crippen LogP contribution in [0.25, 0.3) is 0 Å². The Hall–Kier alpha value is -1.57. The molecule has 3 unspecified atom stereocenters. The van der Waals surface area contributed by atoms with Crippen molar-refractivity contribution >= 4 is 5.91 Å². The van der Waals surface area contributed by atoms with Crippen LogP contribution in [0.15, 0.2) is 18.7 Å². The maximum absolute atomic E-state index is 13.3. The summed E-state index contributed by atoms with van der Waals surface area (Å²) in [6.07, 6.45) is 9.11. The minimum atomic E-state index is -0.159. The molecule has 25 heavy (non-hydrogen) atoms. The number of amides is 1. The van der Waals surface area contributed by atoms with E-state index in [0.717, 1.165) is 44.3 Å². The Bertz CT molecular complexity index is 544. The fourth-order valence-electron chi connectivity index (χ4n) is 3.69. The molecular weight excluding hydrogens is 316 g/mol. The first-order valence-electron chi connectivity index (χ1n) is 9.41. The molecule has 138 valence electrons. The second kappa shape index (κ2) is 8.69. The number of hydrogen-bond acceptors (Lipinski definition) is 6. The molecule has 2 aliphatic rings. The second-order valence-corrected chi connectivity index (χ2v) is 7.48. The Morgan fingerprint density at radius 3 is 2.76 bits per heavy atom. The molecule has 3 atom stereocenters. The van der Waals surface area contributed by atoms with E-state index in [1.54, 1.807) is 12.4 Å². The predicted molar refractivity (Wildman–Crippen MR) is 96.4 cm³/mol. The van der Waals surface area contributed by atoms with Gasteiger partial charge in [-0.05, 0) is 44.7 Å². The number of hydrogen-bond donors (Lipinski definition) is 3. The SMILES string of the molecule is CC(C)C1CC(C(=O)N(Cc2cncnc2)C2CCCNCC2)NN1. The Balaban J connectivity index is 1.74. The molecule has 0 aliphatic carbocycles. The zero-order chi connectivity index (χ0) is 17.6. The summed E-state index contributed by atoms with van der Waals surface area (Å²) in [5, 5.41) is 3.44. The van der Waals surface area contributed by atoms with E-state index in [1.807, 2.05) is 4.90 Å². The van der Waals surface area contributed by atoms with Crippen molar-refractivity contribution in [2.24, 2.45) is 5.92 Å². The fraction of sp³-hybridized carbons (Fsp3) is 0.722. The Labute approximate surface area is 150 Å². The van der Waals surface area contributed by atoms with Crippen molar-refractivity contribution in [3.05, 3.63) is 24.3 Å². The molecule has 0 saturated carbocycles. The molecule has 7 nitrogen and oxygen atoms in total. The van der Waals surface area contributed by atoms with Crippen LogP contribution in [0.3, 0.4) is 0 Å². The molecule has 3 rings (SSSR count). The third kappa shape index (κ3) is 4.74. The zero-order valence-corrected chi connectivity index (χ0v) is 15.2. The highest BCUT2D eigenvalue weighted by molar-refractivity contribution is 5.82. The molecule has 2 saturated heterocycles. The average Bonchev–Trinajstić information content (AvgIpc) is 2.97. The number of nitrogens with zero attached hydrogens (tertiary/aromatic N) is 3. The van der Waals surface area contributed by atoms with Crippen LogP contribution < -0.4 is 16.2 Å². The van der Waals surface area contributed by atoms with Gasteiger partial charge in [-0.1, -0.05) is 13.8 Å². The Morgan fingerprint density at radius 2 is 2.04 bits per heavy atom. The molecule has 2 fully saturated rings. The van der Waals surface area contributed by atoms with Crippen molar-refractivity contribution < 1.29 is 4.79 Å². The lowest BCUT2D eigenvalue weighted by atomic mass is 9.98. The fourth-order valence-corrected chi connectivity index (χ4v) is 3.69. The van der Waals surface area contributed by atoms with Gasteiger partial charge in [-0.2, -0.15) is 0 Å². The lowest BCUT2D eigenvalue weighted by molar-refractivity contribution is -0.136. The topological polar surface area (TPSA) is 82.2 Å². The number of aromatic nitrogens is 2. The highest BCUT2D eigenvalue weighted by atomic mass is 16.2. The van der Waals surface area contributed by atoms with Gasteiger partial charge in [-0.15, -0.1) is 0 Å². The standard InChI is InChI=1S/C18H30N6O/c1-13(2)16-8-17(23-22-16)18(25)24(11-14-9-20-12-21-10-14)15-4-3-6-19-7-5-15/h9-10,12-13,15-17,19,22-23H,3-8,11H2,1-2H3. The van der Waals surface area contributed by atoms with Crippen LogP contribution in [0.5, 0.6) is 0 Å². The van der Waals surface area contributed by atoms with Crippen LogP contribution in [0.1, 0.15) is 45.1 Å². The predicted octanol–water partition coefficient (Wildman–Crippen LogP) is 0.838. The van der Waals surface area contributed by atoms with Gasteiger partial charge in [-0.3, -0.25) is 10.2 Å². The van der Waals surface area contributed by atoms with Gasteiger partial charge < -0.3 is 10.2 Å². The van der Waals surface area contributed by atoms with Gasteiger partial charge in [0, 0.05) is 36.6 Å². The molecular formula is C18H30N6O. The maximum atomic E-state index is 13.3. The van der Waals surface area contributed by atoms with Crippen LogP contribution >= 0.6 is 0 Å². The zero-order valence-electron chi connectivity index (χ0n) is 15.2. The average molecular weight is 346 g/mol. The van der Waals surface area contributed by atoms with Crippen LogP contribution in [-0.2, 0) is 11.3 Å². The van der Waals surface area contributed by atoms with Crippen molar-refractivity contribution in [1.29, 1.82) is 0 Å². The van der Waals surface area contributed by atoms with E-state index in [1.165, 1.54) is 6.33 Å². The van der Waals surface area contributed by atoms with E-state index in [4.69, 9.17) is 0 Å².